The molecule has 8 heteroatoms. The molecule has 0 aliphatic carbocycles. The number of anilines is 2. The molecule has 0 bridgehead atoms. The molecule has 1 aliphatic rings. The fourth-order valence-corrected chi connectivity index (χ4v) is 3.38. The highest BCUT2D eigenvalue weighted by atomic mass is 79.9. The predicted molar refractivity (Wildman–Crippen MR) is 114 cm³/mol. The molecule has 0 unspecified atom stereocenters. The number of carbonyl (C=O) groups excluding carboxylic acids is 3. The molecule has 3 rings (SSSR count). The van der Waals surface area contributed by atoms with E-state index in [1.165, 1.54) is 18.9 Å². The minimum Gasteiger partial charge on any atom is -0.383 e. The lowest BCUT2D eigenvalue weighted by atomic mass is 10.0. The van der Waals surface area contributed by atoms with Crippen LogP contribution >= 0.6 is 15.9 Å². The first-order chi connectivity index (χ1) is 13.9. The van der Waals surface area contributed by atoms with E-state index in [0.717, 1.165) is 4.47 Å². The van der Waals surface area contributed by atoms with E-state index in [0.29, 0.717) is 16.9 Å². The Morgan fingerprint density at radius 3 is 2.41 bits per heavy atom. The van der Waals surface area contributed by atoms with Gasteiger partial charge in [-0.1, -0.05) is 34.1 Å². The minimum atomic E-state index is -0.409. The minimum absolute atomic E-state index is 0.158. The van der Waals surface area contributed by atoms with E-state index in [1.54, 1.807) is 24.3 Å². The van der Waals surface area contributed by atoms with Crippen molar-refractivity contribution in [3.8, 4) is 0 Å². The summed E-state index contributed by atoms with van der Waals surface area (Å²) in [5, 5.41) is 5.77. The lowest BCUT2D eigenvalue weighted by Gasteiger charge is -2.14. The van der Waals surface area contributed by atoms with Gasteiger partial charge in [-0.3, -0.25) is 19.3 Å². The van der Waals surface area contributed by atoms with Crippen LogP contribution in [0.4, 0.5) is 11.4 Å². The predicted octanol–water partition coefficient (Wildman–Crippen LogP) is 3.25. The maximum Gasteiger partial charge on any atom is 0.278 e. The summed E-state index contributed by atoms with van der Waals surface area (Å²) >= 11 is 3.40. The number of nitrogens with zero attached hydrogens (tertiary/aromatic N) is 1. The smallest absolute Gasteiger partial charge is 0.278 e. The number of hydrogen-bond donors (Lipinski definition) is 2. The maximum atomic E-state index is 13.0. The van der Waals surface area contributed by atoms with Crippen molar-refractivity contribution < 1.29 is 19.1 Å². The molecule has 0 fully saturated rings. The summed E-state index contributed by atoms with van der Waals surface area (Å²) in [6, 6.07) is 14.1. The average Bonchev–Trinajstić information content (AvgIpc) is 2.90. The Hall–Kier alpha value is -2.97. The van der Waals surface area contributed by atoms with Crippen molar-refractivity contribution in [3.63, 3.8) is 0 Å². The zero-order valence-electron chi connectivity index (χ0n) is 16.0. The lowest BCUT2D eigenvalue weighted by molar-refractivity contribution is -0.137. The largest absolute Gasteiger partial charge is 0.383 e. The molecule has 2 aromatic carbocycles. The van der Waals surface area contributed by atoms with Gasteiger partial charge in [-0.25, -0.2) is 0 Å². The molecule has 0 saturated heterocycles. The highest BCUT2D eigenvalue weighted by molar-refractivity contribution is 9.10. The number of rotatable bonds is 7. The van der Waals surface area contributed by atoms with Gasteiger partial charge in [0, 0.05) is 29.9 Å². The van der Waals surface area contributed by atoms with Crippen LogP contribution in [0.25, 0.3) is 5.57 Å². The molecule has 150 valence electrons. The summed E-state index contributed by atoms with van der Waals surface area (Å²) < 4.78 is 5.88. The van der Waals surface area contributed by atoms with Gasteiger partial charge >= 0.3 is 0 Å². The van der Waals surface area contributed by atoms with Gasteiger partial charge in [0.05, 0.1) is 18.7 Å². The van der Waals surface area contributed by atoms with Gasteiger partial charge in [0.2, 0.25) is 5.91 Å². The number of imide groups is 1. The van der Waals surface area contributed by atoms with Gasteiger partial charge < -0.3 is 15.4 Å². The summed E-state index contributed by atoms with van der Waals surface area (Å²) in [5.74, 6) is -0.989. The van der Waals surface area contributed by atoms with Crippen LogP contribution in [0.15, 0.2) is 58.7 Å². The van der Waals surface area contributed by atoms with Crippen LogP contribution in [0, 0.1) is 0 Å². The molecule has 29 heavy (non-hydrogen) atoms. The van der Waals surface area contributed by atoms with Crippen molar-refractivity contribution in [2.24, 2.45) is 0 Å². The van der Waals surface area contributed by atoms with Crippen LogP contribution in [-0.4, -0.2) is 42.9 Å². The molecule has 2 aromatic rings. The first-order valence-corrected chi connectivity index (χ1v) is 9.70. The molecular formula is C21H20BrN3O4. The summed E-state index contributed by atoms with van der Waals surface area (Å²) in [7, 11) is 1.51. The van der Waals surface area contributed by atoms with Crippen LogP contribution in [0.2, 0.25) is 0 Å². The zero-order chi connectivity index (χ0) is 21.0. The number of hydrogen-bond acceptors (Lipinski definition) is 5. The SMILES string of the molecule is COCCN1C(=O)C(Nc2cccc(Br)c2)=C(c2ccc(NC(C)=O)cc2)C1=O. The monoisotopic (exact) mass is 457 g/mol. The van der Waals surface area contributed by atoms with E-state index in [-0.39, 0.29) is 30.3 Å². The van der Waals surface area contributed by atoms with Gasteiger partial charge in [0.15, 0.2) is 0 Å². The van der Waals surface area contributed by atoms with Crippen LogP contribution in [0.3, 0.4) is 0 Å². The molecule has 7 nitrogen and oxygen atoms in total. The molecule has 0 saturated carbocycles. The highest BCUT2D eigenvalue weighted by Gasteiger charge is 2.38. The Labute approximate surface area is 176 Å². The van der Waals surface area contributed by atoms with Gasteiger partial charge in [0.25, 0.3) is 11.8 Å². The Balaban J connectivity index is 2.00. The third-order valence-electron chi connectivity index (χ3n) is 4.27. The van der Waals surface area contributed by atoms with E-state index in [9.17, 15) is 14.4 Å². The van der Waals surface area contributed by atoms with Crippen molar-refractivity contribution in [1.29, 1.82) is 0 Å². The number of amides is 3. The summed E-state index contributed by atoms with van der Waals surface area (Å²) in [5.41, 5.74) is 2.35. The van der Waals surface area contributed by atoms with E-state index in [1.807, 2.05) is 24.3 Å². The quantitative estimate of drug-likeness (QED) is 0.623. The Bertz CT molecular complexity index is 986. The van der Waals surface area contributed by atoms with Gasteiger partial charge in [0.1, 0.15) is 5.70 Å². The van der Waals surface area contributed by atoms with Crippen LogP contribution in [0.1, 0.15) is 12.5 Å². The normalized spacial score (nSPS) is 13.8. The van der Waals surface area contributed by atoms with Crippen LogP contribution in [-0.2, 0) is 19.1 Å². The van der Waals surface area contributed by atoms with Crippen molar-refractivity contribution >= 4 is 50.6 Å². The standard InChI is InChI=1S/C21H20BrN3O4/c1-13(26)23-16-8-6-14(7-9-16)18-19(24-17-5-3-4-15(22)12-17)21(28)25(20(18)27)10-11-29-2/h3-9,12,24H,10-11H2,1-2H3,(H,23,26). The molecule has 3 amide bonds. The van der Waals surface area contributed by atoms with Crippen LogP contribution < -0.4 is 10.6 Å². The topological polar surface area (TPSA) is 87.7 Å². The van der Waals surface area contributed by atoms with Crippen molar-refractivity contribution in [1.82, 2.24) is 4.90 Å². The second-order valence-corrected chi connectivity index (χ2v) is 7.31. The number of carbonyl (C=O) groups is 3. The summed E-state index contributed by atoms with van der Waals surface area (Å²) in [6.07, 6.45) is 0. The summed E-state index contributed by atoms with van der Waals surface area (Å²) in [6.45, 7) is 1.82. The third kappa shape index (κ3) is 4.72. The Kier molecular flexibility index (Phi) is 6.46. The van der Waals surface area contributed by atoms with E-state index < -0.39 is 11.8 Å². The number of nitrogens with one attached hydrogen (secondary N) is 2. The molecule has 2 N–H and O–H groups in total. The second-order valence-electron chi connectivity index (χ2n) is 6.40. The number of methoxy groups -OCH3 is 1. The highest BCUT2D eigenvalue weighted by Crippen LogP contribution is 2.31. The van der Waals surface area contributed by atoms with Gasteiger partial charge in [-0.2, -0.15) is 0 Å². The van der Waals surface area contributed by atoms with Crippen molar-refractivity contribution in [2.75, 3.05) is 30.9 Å². The third-order valence-corrected chi connectivity index (χ3v) is 4.77. The first-order valence-electron chi connectivity index (χ1n) is 8.90. The molecule has 1 aliphatic heterocycles. The average molecular weight is 458 g/mol. The number of benzene rings is 2. The fraction of sp³-hybridized carbons (Fsp3) is 0.190. The van der Waals surface area contributed by atoms with E-state index >= 15 is 0 Å². The lowest BCUT2D eigenvalue weighted by Crippen LogP contribution is -2.35. The van der Waals surface area contributed by atoms with Crippen molar-refractivity contribution in [3.05, 3.63) is 64.3 Å². The molecule has 0 atom stereocenters. The van der Waals surface area contributed by atoms with Crippen molar-refractivity contribution in [2.45, 2.75) is 6.92 Å². The van der Waals surface area contributed by atoms with E-state index in [2.05, 4.69) is 26.6 Å². The number of ether oxygens (including phenoxy) is 1. The second kappa shape index (κ2) is 9.02. The molecule has 1 heterocycles. The molecule has 0 radical (unpaired) electrons. The van der Waals surface area contributed by atoms with E-state index in [4.69, 9.17) is 4.74 Å². The zero-order valence-corrected chi connectivity index (χ0v) is 17.6. The molecular weight excluding hydrogens is 438 g/mol. The van der Waals surface area contributed by atoms with Gasteiger partial charge in [-0.05, 0) is 35.9 Å². The van der Waals surface area contributed by atoms with Gasteiger partial charge in [-0.15, -0.1) is 0 Å². The maximum absolute atomic E-state index is 13.0. The summed E-state index contributed by atoms with van der Waals surface area (Å²) in [4.78, 5) is 38.4. The Morgan fingerprint density at radius 1 is 1.07 bits per heavy atom. The molecule has 0 spiro atoms. The molecule has 0 aromatic heterocycles. The number of halogens is 1. The van der Waals surface area contributed by atoms with Crippen LogP contribution in [0.5, 0.6) is 0 Å². The first kappa shape index (κ1) is 20.8. The Morgan fingerprint density at radius 2 is 1.79 bits per heavy atom. The fourth-order valence-electron chi connectivity index (χ4n) is 2.98.